The van der Waals surface area contributed by atoms with Crippen molar-refractivity contribution in [3.05, 3.63) is 59.4 Å². The Morgan fingerprint density at radius 3 is 2.38 bits per heavy atom. The summed E-state index contributed by atoms with van der Waals surface area (Å²) in [6.45, 7) is 4.50. The van der Waals surface area contributed by atoms with Gasteiger partial charge in [0.05, 0.1) is 29.5 Å². The van der Waals surface area contributed by atoms with Crippen LogP contribution in [-0.2, 0) is 4.74 Å². The van der Waals surface area contributed by atoms with E-state index in [1.165, 1.54) is 25.6 Å². The predicted molar refractivity (Wildman–Crippen MR) is 97.1 cm³/mol. The second kappa shape index (κ2) is 8.75. The third kappa shape index (κ3) is 4.89. The van der Waals surface area contributed by atoms with Crippen molar-refractivity contribution in [1.82, 2.24) is 10.3 Å². The molecule has 136 valence electrons. The number of amides is 2. The molecule has 0 spiro atoms. The summed E-state index contributed by atoms with van der Waals surface area (Å²) in [4.78, 5) is 40.3. The SMILES string of the molecule is COC(=O)c1ccccc1NC(=O)c1cncc(C(=O)NCC(C)C)c1. The monoisotopic (exact) mass is 355 g/mol. The molecule has 0 bridgehead atoms. The van der Waals surface area contributed by atoms with Gasteiger partial charge in [0.1, 0.15) is 0 Å². The number of ether oxygens (including phenoxy) is 1. The Labute approximate surface area is 151 Å². The highest BCUT2D eigenvalue weighted by molar-refractivity contribution is 6.08. The van der Waals surface area contributed by atoms with E-state index in [2.05, 4.69) is 15.6 Å². The van der Waals surface area contributed by atoms with E-state index in [-0.39, 0.29) is 17.0 Å². The Bertz CT molecular complexity index is 818. The van der Waals surface area contributed by atoms with Crippen LogP contribution in [0.4, 0.5) is 5.69 Å². The minimum absolute atomic E-state index is 0.210. The third-order valence-electron chi connectivity index (χ3n) is 3.51. The molecule has 2 rings (SSSR count). The zero-order valence-electron chi connectivity index (χ0n) is 14.9. The summed E-state index contributed by atoms with van der Waals surface area (Å²) in [5.74, 6) is -1.02. The van der Waals surface area contributed by atoms with Crippen LogP contribution in [0.15, 0.2) is 42.7 Å². The molecule has 1 aromatic heterocycles. The molecule has 0 atom stereocenters. The number of esters is 1. The molecule has 26 heavy (non-hydrogen) atoms. The van der Waals surface area contributed by atoms with Crippen LogP contribution in [0.3, 0.4) is 0 Å². The summed E-state index contributed by atoms with van der Waals surface area (Å²) in [5.41, 5.74) is 1.06. The summed E-state index contributed by atoms with van der Waals surface area (Å²) < 4.78 is 4.71. The first-order chi connectivity index (χ1) is 12.4. The van der Waals surface area contributed by atoms with E-state index >= 15 is 0 Å². The summed E-state index contributed by atoms with van der Waals surface area (Å²) >= 11 is 0. The summed E-state index contributed by atoms with van der Waals surface area (Å²) in [6, 6.07) is 7.96. The Morgan fingerprint density at radius 1 is 1.08 bits per heavy atom. The maximum absolute atomic E-state index is 12.5. The van der Waals surface area contributed by atoms with Crippen LogP contribution >= 0.6 is 0 Å². The Kier molecular flexibility index (Phi) is 6.43. The van der Waals surface area contributed by atoms with Crippen molar-refractivity contribution < 1.29 is 19.1 Å². The van der Waals surface area contributed by atoms with Crippen molar-refractivity contribution in [3.8, 4) is 0 Å². The van der Waals surface area contributed by atoms with Crippen LogP contribution in [0.5, 0.6) is 0 Å². The number of methoxy groups -OCH3 is 1. The number of hydrogen-bond donors (Lipinski definition) is 2. The van der Waals surface area contributed by atoms with Gasteiger partial charge in [0.2, 0.25) is 0 Å². The number of para-hydroxylation sites is 1. The van der Waals surface area contributed by atoms with Crippen molar-refractivity contribution in [3.63, 3.8) is 0 Å². The van der Waals surface area contributed by atoms with E-state index in [1.807, 2.05) is 13.8 Å². The number of pyridine rings is 1. The molecule has 0 aliphatic heterocycles. The fraction of sp³-hybridized carbons (Fsp3) is 0.263. The minimum Gasteiger partial charge on any atom is -0.465 e. The molecule has 2 amide bonds. The van der Waals surface area contributed by atoms with Gasteiger partial charge < -0.3 is 15.4 Å². The lowest BCUT2D eigenvalue weighted by Gasteiger charge is -2.10. The maximum Gasteiger partial charge on any atom is 0.339 e. The first-order valence-corrected chi connectivity index (χ1v) is 8.14. The van der Waals surface area contributed by atoms with E-state index in [0.717, 1.165) is 0 Å². The van der Waals surface area contributed by atoms with Gasteiger partial charge in [-0.1, -0.05) is 26.0 Å². The van der Waals surface area contributed by atoms with Crippen molar-refractivity contribution in [1.29, 1.82) is 0 Å². The van der Waals surface area contributed by atoms with E-state index in [4.69, 9.17) is 4.74 Å². The van der Waals surface area contributed by atoms with E-state index in [1.54, 1.807) is 24.3 Å². The van der Waals surface area contributed by atoms with Crippen LogP contribution < -0.4 is 10.6 Å². The van der Waals surface area contributed by atoms with Crippen LogP contribution in [0.2, 0.25) is 0 Å². The number of rotatable bonds is 6. The summed E-state index contributed by atoms with van der Waals surface area (Å²) in [7, 11) is 1.27. The quantitative estimate of drug-likeness (QED) is 0.776. The van der Waals surface area contributed by atoms with Crippen LogP contribution in [0, 0.1) is 5.92 Å². The number of nitrogens with one attached hydrogen (secondary N) is 2. The van der Waals surface area contributed by atoms with Gasteiger partial charge in [0.25, 0.3) is 11.8 Å². The molecule has 1 heterocycles. The number of anilines is 1. The van der Waals surface area contributed by atoms with Crippen LogP contribution in [0.1, 0.15) is 44.9 Å². The summed E-state index contributed by atoms with van der Waals surface area (Å²) in [6.07, 6.45) is 2.75. The number of nitrogens with zero attached hydrogens (tertiary/aromatic N) is 1. The normalized spacial score (nSPS) is 10.3. The van der Waals surface area contributed by atoms with Crippen molar-refractivity contribution >= 4 is 23.5 Å². The molecule has 2 aromatic rings. The molecule has 0 saturated carbocycles. The molecule has 7 heteroatoms. The van der Waals surface area contributed by atoms with Crippen LogP contribution in [-0.4, -0.2) is 36.4 Å². The van der Waals surface area contributed by atoms with Gasteiger partial charge in [-0.25, -0.2) is 4.79 Å². The number of benzene rings is 1. The fourth-order valence-electron chi connectivity index (χ4n) is 2.16. The number of carbonyl (C=O) groups excluding carboxylic acids is 3. The molecule has 2 N–H and O–H groups in total. The first kappa shape index (κ1) is 19.1. The minimum atomic E-state index is -0.555. The maximum atomic E-state index is 12.5. The molecule has 0 fully saturated rings. The lowest BCUT2D eigenvalue weighted by molar-refractivity contribution is 0.0601. The Hall–Kier alpha value is -3.22. The van der Waals surface area contributed by atoms with Crippen LogP contribution in [0.25, 0.3) is 0 Å². The lowest BCUT2D eigenvalue weighted by atomic mass is 10.1. The van der Waals surface area contributed by atoms with Gasteiger partial charge in [-0.3, -0.25) is 14.6 Å². The highest BCUT2D eigenvalue weighted by Crippen LogP contribution is 2.17. The molecular formula is C19H21N3O4. The Morgan fingerprint density at radius 2 is 1.73 bits per heavy atom. The highest BCUT2D eigenvalue weighted by atomic mass is 16.5. The van der Waals surface area contributed by atoms with Gasteiger partial charge in [-0.05, 0) is 24.1 Å². The van der Waals surface area contributed by atoms with E-state index in [9.17, 15) is 14.4 Å². The largest absolute Gasteiger partial charge is 0.465 e. The van der Waals surface area contributed by atoms with Gasteiger partial charge in [0, 0.05) is 18.9 Å². The Balaban J connectivity index is 2.17. The summed E-state index contributed by atoms with van der Waals surface area (Å²) in [5, 5.41) is 5.42. The molecular weight excluding hydrogens is 334 g/mol. The predicted octanol–water partition coefficient (Wildman–Crippen LogP) is 2.51. The van der Waals surface area contributed by atoms with Gasteiger partial charge in [-0.15, -0.1) is 0 Å². The lowest BCUT2D eigenvalue weighted by Crippen LogP contribution is -2.27. The second-order valence-electron chi connectivity index (χ2n) is 6.06. The average Bonchev–Trinajstić information content (AvgIpc) is 2.65. The topological polar surface area (TPSA) is 97.4 Å². The molecule has 1 aromatic carbocycles. The molecule has 0 aliphatic carbocycles. The average molecular weight is 355 g/mol. The van der Waals surface area contributed by atoms with E-state index in [0.29, 0.717) is 23.7 Å². The smallest absolute Gasteiger partial charge is 0.339 e. The third-order valence-corrected chi connectivity index (χ3v) is 3.51. The number of hydrogen-bond acceptors (Lipinski definition) is 5. The zero-order chi connectivity index (χ0) is 19.1. The standard InChI is InChI=1S/C19H21N3O4/c1-12(2)9-21-17(23)13-8-14(11-20-10-13)18(24)22-16-7-5-4-6-15(16)19(25)26-3/h4-8,10-12H,9H2,1-3H3,(H,21,23)(H,22,24). The molecule has 0 saturated heterocycles. The zero-order valence-corrected chi connectivity index (χ0v) is 14.9. The van der Waals surface area contributed by atoms with Crippen molar-refractivity contribution in [2.45, 2.75) is 13.8 Å². The molecule has 0 radical (unpaired) electrons. The second-order valence-corrected chi connectivity index (χ2v) is 6.06. The van der Waals surface area contributed by atoms with E-state index < -0.39 is 11.9 Å². The highest BCUT2D eigenvalue weighted by Gasteiger charge is 2.16. The van der Waals surface area contributed by atoms with Crippen molar-refractivity contribution in [2.24, 2.45) is 5.92 Å². The van der Waals surface area contributed by atoms with Gasteiger partial charge in [-0.2, -0.15) is 0 Å². The number of aromatic nitrogens is 1. The molecule has 0 aliphatic rings. The van der Waals surface area contributed by atoms with Crippen molar-refractivity contribution in [2.75, 3.05) is 19.0 Å². The number of carbonyl (C=O) groups is 3. The first-order valence-electron chi connectivity index (χ1n) is 8.14. The fourth-order valence-corrected chi connectivity index (χ4v) is 2.16. The van der Waals surface area contributed by atoms with Gasteiger partial charge >= 0.3 is 5.97 Å². The molecule has 0 unspecified atom stereocenters. The molecule has 7 nitrogen and oxygen atoms in total. The van der Waals surface area contributed by atoms with Gasteiger partial charge in [0.15, 0.2) is 0 Å².